The number of hydrogen-bond donors (Lipinski definition) is 1. The summed E-state index contributed by atoms with van der Waals surface area (Å²) in [6.07, 6.45) is 5.02. The maximum absolute atomic E-state index is 12.1. The zero-order chi connectivity index (χ0) is 14.3. The minimum atomic E-state index is -0.345. The molecule has 4 nitrogen and oxygen atoms in total. The SMILES string of the molecule is CSCC[C@H](N)C(=O)N1CCC(OCCC(C)C)C1.Cl. The zero-order valence-electron chi connectivity index (χ0n) is 12.8. The number of rotatable bonds is 8. The largest absolute Gasteiger partial charge is 0.376 e. The van der Waals surface area contributed by atoms with Crippen LogP contribution in [0.1, 0.15) is 33.1 Å². The van der Waals surface area contributed by atoms with Crippen molar-refractivity contribution in [3.05, 3.63) is 0 Å². The molecule has 2 N–H and O–H groups in total. The van der Waals surface area contributed by atoms with Gasteiger partial charge in [0.25, 0.3) is 0 Å². The second-order valence-corrected chi connectivity index (χ2v) is 6.62. The predicted molar refractivity (Wildman–Crippen MR) is 88.6 cm³/mol. The van der Waals surface area contributed by atoms with Gasteiger partial charge in [0, 0.05) is 19.7 Å². The average Bonchev–Trinajstić information content (AvgIpc) is 2.83. The van der Waals surface area contributed by atoms with E-state index in [1.54, 1.807) is 11.8 Å². The minimum absolute atomic E-state index is 0. The first-order valence-corrected chi connectivity index (χ1v) is 8.59. The lowest BCUT2D eigenvalue weighted by atomic mass is 10.1. The van der Waals surface area contributed by atoms with Crippen LogP contribution >= 0.6 is 24.2 Å². The van der Waals surface area contributed by atoms with Gasteiger partial charge in [-0.2, -0.15) is 11.8 Å². The van der Waals surface area contributed by atoms with Gasteiger partial charge in [-0.25, -0.2) is 0 Å². The van der Waals surface area contributed by atoms with E-state index in [9.17, 15) is 4.79 Å². The normalized spacial score (nSPS) is 20.1. The fourth-order valence-corrected chi connectivity index (χ4v) is 2.63. The van der Waals surface area contributed by atoms with Crippen molar-refractivity contribution in [1.29, 1.82) is 0 Å². The second kappa shape index (κ2) is 10.7. The van der Waals surface area contributed by atoms with Crippen LogP contribution in [0.2, 0.25) is 0 Å². The molecule has 0 spiro atoms. The fraction of sp³-hybridized carbons (Fsp3) is 0.929. The smallest absolute Gasteiger partial charge is 0.239 e. The number of nitrogens with zero attached hydrogens (tertiary/aromatic N) is 1. The molecular weight excluding hydrogens is 296 g/mol. The Balaban J connectivity index is 0.00000361. The van der Waals surface area contributed by atoms with Crippen molar-refractivity contribution >= 4 is 30.1 Å². The molecule has 1 rings (SSSR count). The number of carbonyl (C=O) groups excluding carboxylic acids is 1. The van der Waals surface area contributed by atoms with Crippen LogP contribution in [-0.2, 0) is 9.53 Å². The molecule has 0 aromatic rings. The molecule has 1 aliphatic rings. The van der Waals surface area contributed by atoms with Gasteiger partial charge in [0.15, 0.2) is 0 Å². The van der Waals surface area contributed by atoms with Crippen LogP contribution in [0, 0.1) is 5.92 Å². The molecule has 20 heavy (non-hydrogen) atoms. The number of hydrogen-bond acceptors (Lipinski definition) is 4. The molecule has 2 atom stereocenters. The van der Waals surface area contributed by atoms with E-state index < -0.39 is 0 Å². The Hall–Kier alpha value is 0.0300. The summed E-state index contributed by atoms with van der Waals surface area (Å²) < 4.78 is 5.82. The Morgan fingerprint density at radius 2 is 2.15 bits per heavy atom. The topological polar surface area (TPSA) is 55.6 Å². The quantitative estimate of drug-likeness (QED) is 0.743. The molecule has 1 fully saturated rings. The Kier molecular flexibility index (Phi) is 10.7. The van der Waals surface area contributed by atoms with Gasteiger partial charge in [0.2, 0.25) is 5.91 Å². The molecule has 120 valence electrons. The molecule has 0 aliphatic carbocycles. The van der Waals surface area contributed by atoms with Gasteiger partial charge in [-0.15, -0.1) is 12.4 Å². The fourth-order valence-electron chi connectivity index (χ4n) is 2.14. The minimum Gasteiger partial charge on any atom is -0.376 e. The molecule has 0 aromatic heterocycles. The monoisotopic (exact) mass is 324 g/mol. The van der Waals surface area contributed by atoms with E-state index in [1.165, 1.54) is 0 Å². The highest BCUT2D eigenvalue weighted by Gasteiger charge is 2.29. The predicted octanol–water partition coefficient (Wildman–Crippen LogP) is 2.15. The van der Waals surface area contributed by atoms with Gasteiger partial charge in [0.1, 0.15) is 0 Å². The van der Waals surface area contributed by atoms with E-state index in [1.807, 2.05) is 11.2 Å². The maximum Gasteiger partial charge on any atom is 0.239 e. The van der Waals surface area contributed by atoms with Crippen LogP contribution in [0.5, 0.6) is 0 Å². The molecule has 1 unspecified atom stereocenters. The van der Waals surface area contributed by atoms with Gasteiger partial charge < -0.3 is 15.4 Å². The third-order valence-electron chi connectivity index (χ3n) is 3.46. The number of thioether (sulfide) groups is 1. The van der Waals surface area contributed by atoms with Crippen molar-refractivity contribution in [1.82, 2.24) is 4.90 Å². The van der Waals surface area contributed by atoms with Crippen molar-refractivity contribution in [2.45, 2.75) is 45.3 Å². The first kappa shape index (κ1) is 20.0. The molecule has 6 heteroatoms. The van der Waals surface area contributed by atoms with Crippen LogP contribution in [0.4, 0.5) is 0 Å². The van der Waals surface area contributed by atoms with E-state index in [-0.39, 0.29) is 30.5 Å². The Morgan fingerprint density at radius 1 is 1.45 bits per heavy atom. The standard InChI is InChI=1S/C14H28N2O2S.ClH/c1-11(2)5-8-18-12-4-7-16(10-12)14(17)13(15)6-9-19-3;/h11-13H,4-10,15H2,1-3H3;1H/t12?,13-;/m0./s1. The highest BCUT2D eigenvalue weighted by atomic mass is 35.5. The van der Waals surface area contributed by atoms with Gasteiger partial charge in [0.05, 0.1) is 12.1 Å². The first-order chi connectivity index (χ1) is 9.04. The van der Waals surface area contributed by atoms with E-state index in [0.717, 1.165) is 38.2 Å². The van der Waals surface area contributed by atoms with Crippen molar-refractivity contribution in [2.24, 2.45) is 11.7 Å². The number of carbonyl (C=O) groups is 1. The molecular formula is C14H29ClN2O2S. The third kappa shape index (κ3) is 7.16. The van der Waals surface area contributed by atoms with Crippen LogP contribution in [0.15, 0.2) is 0 Å². The van der Waals surface area contributed by atoms with Gasteiger partial charge in [-0.1, -0.05) is 13.8 Å². The Morgan fingerprint density at radius 3 is 2.75 bits per heavy atom. The summed E-state index contributed by atoms with van der Waals surface area (Å²) in [5.41, 5.74) is 5.92. The van der Waals surface area contributed by atoms with Gasteiger partial charge >= 0.3 is 0 Å². The molecule has 0 radical (unpaired) electrons. The Labute approximate surface area is 133 Å². The van der Waals surface area contributed by atoms with E-state index in [2.05, 4.69) is 13.8 Å². The van der Waals surface area contributed by atoms with Crippen molar-refractivity contribution < 1.29 is 9.53 Å². The second-order valence-electron chi connectivity index (χ2n) is 5.64. The van der Waals surface area contributed by atoms with Crippen LogP contribution in [0.3, 0.4) is 0 Å². The van der Waals surface area contributed by atoms with Crippen molar-refractivity contribution in [3.8, 4) is 0 Å². The van der Waals surface area contributed by atoms with Crippen molar-refractivity contribution in [3.63, 3.8) is 0 Å². The molecule has 1 saturated heterocycles. The van der Waals surface area contributed by atoms with Crippen LogP contribution in [0.25, 0.3) is 0 Å². The summed E-state index contributed by atoms with van der Waals surface area (Å²) in [6, 6.07) is -0.345. The maximum atomic E-state index is 12.1. The van der Waals surface area contributed by atoms with Crippen LogP contribution in [-0.4, -0.2) is 54.7 Å². The zero-order valence-corrected chi connectivity index (χ0v) is 14.5. The summed E-state index contributed by atoms with van der Waals surface area (Å²) in [5.74, 6) is 1.69. The van der Waals surface area contributed by atoms with Crippen molar-refractivity contribution in [2.75, 3.05) is 31.7 Å². The number of nitrogens with two attached hydrogens (primary N) is 1. The summed E-state index contributed by atoms with van der Waals surface area (Å²) in [5, 5.41) is 0. The summed E-state index contributed by atoms with van der Waals surface area (Å²) in [7, 11) is 0. The third-order valence-corrected chi connectivity index (χ3v) is 4.10. The molecule has 1 aliphatic heterocycles. The van der Waals surface area contributed by atoms with Gasteiger partial charge in [-0.05, 0) is 37.2 Å². The molecule has 0 bridgehead atoms. The summed E-state index contributed by atoms with van der Waals surface area (Å²) in [4.78, 5) is 14.0. The molecule has 0 saturated carbocycles. The van der Waals surface area contributed by atoms with Crippen LogP contribution < -0.4 is 5.73 Å². The number of halogens is 1. The molecule has 1 amide bonds. The summed E-state index contributed by atoms with van der Waals surface area (Å²) in [6.45, 7) is 6.68. The lowest BCUT2D eigenvalue weighted by molar-refractivity contribution is -0.132. The number of ether oxygens (including phenoxy) is 1. The molecule has 1 heterocycles. The average molecular weight is 325 g/mol. The lowest BCUT2D eigenvalue weighted by Gasteiger charge is -2.20. The van der Waals surface area contributed by atoms with E-state index >= 15 is 0 Å². The summed E-state index contributed by atoms with van der Waals surface area (Å²) >= 11 is 1.73. The Bertz CT molecular complexity index is 280. The van der Waals surface area contributed by atoms with E-state index in [0.29, 0.717) is 12.5 Å². The molecule has 0 aromatic carbocycles. The number of amides is 1. The first-order valence-electron chi connectivity index (χ1n) is 7.19. The number of likely N-dealkylation sites (tertiary alicyclic amines) is 1. The lowest BCUT2D eigenvalue weighted by Crippen LogP contribution is -2.43. The van der Waals surface area contributed by atoms with E-state index in [4.69, 9.17) is 10.5 Å². The highest BCUT2D eigenvalue weighted by Crippen LogP contribution is 2.15. The van der Waals surface area contributed by atoms with Gasteiger partial charge in [-0.3, -0.25) is 4.79 Å². The highest BCUT2D eigenvalue weighted by molar-refractivity contribution is 7.98.